The van der Waals surface area contributed by atoms with Gasteiger partial charge in [0.2, 0.25) is 0 Å². The largest absolute Gasteiger partial charge is 0.495 e. The number of likely N-dealkylation sites (tertiary alicyclic amines) is 1. The van der Waals surface area contributed by atoms with Gasteiger partial charge in [0, 0.05) is 11.7 Å². The molecule has 1 atom stereocenters. The molecule has 19 heavy (non-hydrogen) atoms. The number of nitrogens with zero attached hydrogens (tertiary/aromatic N) is 1. The molecule has 0 amide bonds. The molecule has 1 aromatic carbocycles. The molecule has 0 spiro atoms. The number of anilines is 1. The molecule has 1 aliphatic rings. The van der Waals surface area contributed by atoms with Crippen LogP contribution >= 0.6 is 11.6 Å². The summed E-state index contributed by atoms with van der Waals surface area (Å²) in [7, 11) is 3.83. The number of benzene rings is 1. The lowest BCUT2D eigenvalue weighted by molar-refractivity contribution is 0.208. The molecule has 0 bridgehead atoms. The second-order valence-corrected chi connectivity index (χ2v) is 5.83. The molecule has 0 aliphatic carbocycles. The van der Waals surface area contributed by atoms with Gasteiger partial charge in [0.25, 0.3) is 0 Å². The number of rotatable bonds is 4. The smallest absolute Gasteiger partial charge is 0.137 e. The van der Waals surface area contributed by atoms with Gasteiger partial charge in [-0.05, 0) is 64.0 Å². The highest BCUT2D eigenvalue weighted by atomic mass is 35.5. The van der Waals surface area contributed by atoms with Crippen molar-refractivity contribution >= 4 is 17.3 Å². The fourth-order valence-electron chi connectivity index (χ4n) is 2.67. The summed E-state index contributed by atoms with van der Waals surface area (Å²) in [6, 6.07) is 6.34. The third kappa shape index (κ3) is 3.77. The molecule has 1 unspecified atom stereocenters. The molecule has 0 saturated carbocycles. The lowest BCUT2D eigenvalue weighted by atomic mass is 9.90. The minimum absolute atomic E-state index is 0.471. The fraction of sp³-hybridized carbons (Fsp3) is 0.600. The average molecular weight is 283 g/mol. The number of hydrogen-bond donors (Lipinski definition) is 1. The van der Waals surface area contributed by atoms with E-state index in [1.54, 1.807) is 7.11 Å². The van der Waals surface area contributed by atoms with Crippen molar-refractivity contribution in [3.05, 3.63) is 23.2 Å². The second-order valence-electron chi connectivity index (χ2n) is 5.42. The molecular formula is C15H23ClN2O. The van der Waals surface area contributed by atoms with Crippen LogP contribution < -0.4 is 10.1 Å². The molecule has 4 heteroatoms. The van der Waals surface area contributed by atoms with Gasteiger partial charge in [0.1, 0.15) is 5.75 Å². The van der Waals surface area contributed by atoms with Crippen LogP contribution in [-0.2, 0) is 0 Å². The molecule has 1 aromatic rings. The molecule has 1 fully saturated rings. The van der Waals surface area contributed by atoms with Gasteiger partial charge in [-0.15, -0.1) is 0 Å². The van der Waals surface area contributed by atoms with E-state index in [2.05, 4.69) is 24.2 Å². The van der Waals surface area contributed by atoms with E-state index in [9.17, 15) is 0 Å². The summed E-state index contributed by atoms with van der Waals surface area (Å²) in [5.74, 6) is 1.45. The second kappa shape index (κ2) is 6.49. The van der Waals surface area contributed by atoms with E-state index in [1.807, 2.05) is 18.2 Å². The van der Waals surface area contributed by atoms with Crippen molar-refractivity contribution in [2.45, 2.75) is 25.8 Å². The summed E-state index contributed by atoms with van der Waals surface area (Å²) >= 11 is 6.15. The van der Waals surface area contributed by atoms with E-state index < -0.39 is 0 Å². The Kier molecular flexibility index (Phi) is 4.94. The molecular weight excluding hydrogens is 260 g/mol. The maximum absolute atomic E-state index is 6.15. The summed E-state index contributed by atoms with van der Waals surface area (Å²) in [6.45, 7) is 4.65. The normalized spacial score (nSPS) is 19.2. The van der Waals surface area contributed by atoms with Gasteiger partial charge in [-0.1, -0.05) is 11.6 Å². The van der Waals surface area contributed by atoms with Crippen LogP contribution in [0.15, 0.2) is 18.2 Å². The Morgan fingerprint density at radius 2 is 2.05 bits per heavy atom. The van der Waals surface area contributed by atoms with Crippen LogP contribution in [0, 0.1) is 5.92 Å². The highest BCUT2D eigenvalue weighted by Crippen LogP contribution is 2.29. The number of piperidine rings is 1. The van der Waals surface area contributed by atoms with Gasteiger partial charge in [-0.2, -0.15) is 0 Å². The topological polar surface area (TPSA) is 24.5 Å². The number of methoxy groups -OCH3 is 1. The van der Waals surface area contributed by atoms with Crippen LogP contribution in [0.2, 0.25) is 5.02 Å². The highest BCUT2D eigenvalue weighted by Gasteiger charge is 2.22. The monoisotopic (exact) mass is 282 g/mol. The third-order valence-corrected chi connectivity index (χ3v) is 4.31. The summed E-state index contributed by atoms with van der Waals surface area (Å²) in [6.07, 6.45) is 2.52. The summed E-state index contributed by atoms with van der Waals surface area (Å²) in [5.41, 5.74) is 1.07. The molecule has 1 aliphatic heterocycles. The number of nitrogens with one attached hydrogen (secondary N) is 1. The van der Waals surface area contributed by atoms with Crippen molar-refractivity contribution in [2.75, 3.05) is 32.6 Å². The summed E-state index contributed by atoms with van der Waals surface area (Å²) in [4.78, 5) is 2.40. The van der Waals surface area contributed by atoms with E-state index in [0.717, 1.165) is 17.4 Å². The summed E-state index contributed by atoms with van der Waals surface area (Å²) in [5, 5.41) is 4.22. The maximum Gasteiger partial charge on any atom is 0.137 e. The van der Waals surface area contributed by atoms with Gasteiger partial charge in [0.15, 0.2) is 0 Å². The standard InChI is InChI=1S/C15H23ClN2O/c1-11(12-6-8-18(2)9-7-12)17-13-4-5-15(19-3)14(16)10-13/h4-5,10-12,17H,6-9H2,1-3H3. The van der Waals surface area contributed by atoms with Gasteiger partial charge in [-0.25, -0.2) is 0 Å². The molecule has 3 nitrogen and oxygen atoms in total. The van der Waals surface area contributed by atoms with Gasteiger partial charge in [0.05, 0.1) is 12.1 Å². The Labute approximate surface area is 120 Å². The zero-order chi connectivity index (χ0) is 13.8. The zero-order valence-corrected chi connectivity index (χ0v) is 12.7. The lowest BCUT2D eigenvalue weighted by Crippen LogP contribution is -2.37. The predicted molar refractivity (Wildman–Crippen MR) is 81.3 cm³/mol. The van der Waals surface area contributed by atoms with Crippen molar-refractivity contribution in [2.24, 2.45) is 5.92 Å². The first-order chi connectivity index (χ1) is 9.10. The van der Waals surface area contributed by atoms with Crippen LogP contribution in [0.5, 0.6) is 5.75 Å². The van der Waals surface area contributed by atoms with Crippen molar-refractivity contribution in [3.63, 3.8) is 0 Å². The van der Waals surface area contributed by atoms with Crippen LogP contribution in [0.1, 0.15) is 19.8 Å². The summed E-state index contributed by atoms with van der Waals surface area (Å²) < 4.78 is 5.17. The first-order valence-corrected chi connectivity index (χ1v) is 7.26. The fourth-order valence-corrected chi connectivity index (χ4v) is 2.92. The van der Waals surface area contributed by atoms with Crippen molar-refractivity contribution < 1.29 is 4.74 Å². The lowest BCUT2D eigenvalue weighted by Gasteiger charge is -2.33. The number of halogens is 1. The number of hydrogen-bond acceptors (Lipinski definition) is 3. The Balaban J connectivity index is 1.95. The highest BCUT2D eigenvalue weighted by molar-refractivity contribution is 6.32. The molecule has 106 valence electrons. The molecule has 1 N–H and O–H groups in total. The average Bonchev–Trinajstić information content (AvgIpc) is 2.39. The van der Waals surface area contributed by atoms with Crippen LogP contribution in [0.4, 0.5) is 5.69 Å². The van der Waals surface area contributed by atoms with Gasteiger partial charge < -0.3 is 15.0 Å². The van der Waals surface area contributed by atoms with E-state index in [1.165, 1.54) is 25.9 Å². The van der Waals surface area contributed by atoms with Crippen LogP contribution in [-0.4, -0.2) is 38.2 Å². The third-order valence-electron chi connectivity index (χ3n) is 4.02. The SMILES string of the molecule is COc1ccc(NC(C)C2CCN(C)CC2)cc1Cl. The Bertz CT molecular complexity index is 417. The first kappa shape index (κ1) is 14.5. The van der Waals surface area contributed by atoms with Crippen LogP contribution in [0.3, 0.4) is 0 Å². The van der Waals surface area contributed by atoms with E-state index in [4.69, 9.17) is 16.3 Å². The Morgan fingerprint density at radius 1 is 1.37 bits per heavy atom. The van der Waals surface area contributed by atoms with Gasteiger partial charge in [-0.3, -0.25) is 0 Å². The predicted octanol–water partition coefficient (Wildman–Crippen LogP) is 3.49. The maximum atomic E-state index is 6.15. The van der Waals surface area contributed by atoms with Gasteiger partial charge >= 0.3 is 0 Å². The Morgan fingerprint density at radius 3 is 2.63 bits per heavy atom. The van der Waals surface area contributed by atoms with E-state index >= 15 is 0 Å². The zero-order valence-electron chi connectivity index (χ0n) is 11.9. The number of ether oxygens (including phenoxy) is 1. The van der Waals surface area contributed by atoms with Crippen molar-refractivity contribution in [1.29, 1.82) is 0 Å². The molecule has 1 heterocycles. The quantitative estimate of drug-likeness (QED) is 0.915. The van der Waals surface area contributed by atoms with E-state index in [0.29, 0.717) is 11.1 Å². The minimum atomic E-state index is 0.471. The van der Waals surface area contributed by atoms with Crippen molar-refractivity contribution in [1.82, 2.24) is 4.90 Å². The first-order valence-electron chi connectivity index (χ1n) is 6.88. The minimum Gasteiger partial charge on any atom is -0.495 e. The Hall–Kier alpha value is -0.930. The molecule has 0 aromatic heterocycles. The van der Waals surface area contributed by atoms with Crippen molar-refractivity contribution in [3.8, 4) is 5.75 Å². The molecule has 1 saturated heterocycles. The molecule has 0 radical (unpaired) electrons. The van der Waals surface area contributed by atoms with E-state index in [-0.39, 0.29) is 0 Å². The molecule has 2 rings (SSSR count). The van der Waals surface area contributed by atoms with Crippen LogP contribution in [0.25, 0.3) is 0 Å².